The molecule has 0 aliphatic heterocycles. The lowest BCUT2D eigenvalue weighted by Gasteiger charge is -2.16. The molecule has 3 aromatic rings. The van der Waals surface area contributed by atoms with Crippen LogP contribution in [-0.2, 0) is 10.3 Å². The highest BCUT2D eigenvalue weighted by Gasteiger charge is 2.45. The molecule has 6 nitrogen and oxygen atoms in total. The summed E-state index contributed by atoms with van der Waals surface area (Å²) in [4.78, 5) is 16.3. The third-order valence-corrected chi connectivity index (χ3v) is 4.81. The van der Waals surface area contributed by atoms with Gasteiger partial charge in [-0.15, -0.1) is 0 Å². The van der Waals surface area contributed by atoms with Gasteiger partial charge < -0.3 is 19.2 Å². The second-order valence-electron chi connectivity index (χ2n) is 6.25. The van der Waals surface area contributed by atoms with Gasteiger partial charge in [0.15, 0.2) is 11.3 Å². The van der Waals surface area contributed by atoms with Gasteiger partial charge in [0.2, 0.25) is 0 Å². The van der Waals surface area contributed by atoms with Crippen LogP contribution in [-0.4, -0.2) is 25.2 Å². The third-order valence-electron chi connectivity index (χ3n) is 4.57. The Bertz CT molecular complexity index is 994. The van der Waals surface area contributed by atoms with Gasteiger partial charge in [0.25, 0.3) is 6.01 Å². The molecule has 1 aliphatic rings. The zero-order chi connectivity index (χ0) is 18.3. The van der Waals surface area contributed by atoms with Crippen molar-refractivity contribution in [2.24, 2.45) is 0 Å². The van der Waals surface area contributed by atoms with Crippen molar-refractivity contribution in [2.75, 3.05) is 19.5 Å². The van der Waals surface area contributed by atoms with Crippen molar-refractivity contribution < 1.29 is 18.7 Å². The van der Waals surface area contributed by atoms with Gasteiger partial charge in [-0.2, -0.15) is 4.98 Å². The maximum atomic E-state index is 11.8. The van der Waals surface area contributed by atoms with Crippen molar-refractivity contribution in [1.82, 2.24) is 4.98 Å². The van der Waals surface area contributed by atoms with Crippen molar-refractivity contribution in [2.45, 2.75) is 18.4 Å². The number of rotatable bonds is 5. The van der Waals surface area contributed by atoms with Crippen LogP contribution in [0.15, 0.2) is 40.8 Å². The predicted octanol–water partition coefficient (Wildman–Crippen LogP) is 4.38. The molecule has 0 unspecified atom stereocenters. The minimum atomic E-state index is -0.458. The fourth-order valence-corrected chi connectivity index (χ4v) is 3.23. The molecule has 1 heterocycles. The van der Waals surface area contributed by atoms with Crippen LogP contribution in [0.25, 0.3) is 11.1 Å². The molecule has 1 N–H and O–H groups in total. The Kier molecular flexibility index (Phi) is 4.00. The molecule has 134 valence electrons. The first kappa shape index (κ1) is 16.7. The summed E-state index contributed by atoms with van der Waals surface area (Å²) in [5.41, 5.74) is 2.21. The first-order chi connectivity index (χ1) is 12.5. The van der Waals surface area contributed by atoms with E-state index < -0.39 is 5.97 Å². The van der Waals surface area contributed by atoms with Crippen molar-refractivity contribution in [3.8, 4) is 5.75 Å². The number of ether oxygens (including phenoxy) is 2. The number of carbonyl (C=O) groups is 1. The maximum Gasteiger partial charge on any atom is 0.338 e. The summed E-state index contributed by atoms with van der Waals surface area (Å²) in [5.74, 6) is -0.0312. The van der Waals surface area contributed by atoms with E-state index in [2.05, 4.69) is 10.3 Å². The van der Waals surface area contributed by atoms with E-state index in [1.165, 1.54) is 14.2 Å². The zero-order valence-corrected chi connectivity index (χ0v) is 15.1. The SMILES string of the molecule is COC(=O)c1cc(OC)c2oc(NC3(c4cccc(Cl)c4)CC3)nc2c1. The molecule has 1 saturated carbocycles. The van der Waals surface area contributed by atoms with E-state index in [0.717, 1.165) is 18.4 Å². The highest BCUT2D eigenvalue weighted by atomic mass is 35.5. The van der Waals surface area contributed by atoms with Crippen molar-refractivity contribution in [3.05, 3.63) is 52.5 Å². The lowest BCUT2D eigenvalue weighted by atomic mass is 10.1. The highest BCUT2D eigenvalue weighted by molar-refractivity contribution is 6.30. The molecule has 0 saturated heterocycles. The number of esters is 1. The van der Waals surface area contributed by atoms with Gasteiger partial charge in [0.1, 0.15) is 5.52 Å². The van der Waals surface area contributed by atoms with E-state index in [-0.39, 0.29) is 5.54 Å². The number of hydrogen-bond acceptors (Lipinski definition) is 6. The Hall–Kier alpha value is -2.73. The smallest absolute Gasteiger partial charge is 0.338 e. The molecule has 0 atom stereocenters. The molecule has 0 radical (unpaired) electrons. The number of aromatic nitrogens is 1. The molecule has 0 amide bonds. The zero-order valence-electron chi connectivity index (χ0n) is 14.3. The van der Waals surface area contributed by atoms with Crippen molar-refractivity contribution >= 4 is 34.7 Å². The highest BCUT2D eigenvalue weighted by Crippen LogP contribution is 2.49. The average molecular weight is 373 g/mol. The van der Waals surface area contributed by atoms with Gasteiger partial charge in [0, 0.05) is 5.02 Å². The lowest BCUT2D eigenvalue weighted by molar-refractivity contribution is 0.0600. The van der Waals surface area contributed by atoms with Gasteiger partial charge in [-0.1, -0.05) is 23.7 Å². The van der Waals surface area contributed by atoms with Gasteiger partial charge in [-0.3, -0.25) is 0 Å². The molecule has 1 aromatic heterocycles. The summed E-state index contributed by atoms with van der Waals surface area (Å²) < 4.78 is 16.0. The van der Waals surface area contributed by atoms with Crippen LogP contribution in [0.2, 0.25) is 5.02 Å². The molecule has 1 fully saturated rings. The Morgan fingerprint density at radius 3 is 2.73 bits per heavy atom. The summed E-state index contributed by atoms with van der Waals surface area (Å²) in [5, 5.41) is 4.06. The van der Waals surface area contributed by atoms with E-state index in [1.807, 2.05) is 24.3 Å². The standard InChI is InChI=1S/C19H17ClN2O4/c1-24-15-9-11(17(23)25-2)8-14-16(15)26-18(21-14)22-19(6-7-19)12-4-3-5-13(20)10-12/h3-5,8-10H,6-7H2,1-2H3,(H,21,22). The van der Waals surface area contributed by atoms with E-state index in [1.54, 1.807) is 12.1 Å². The number of oxazole rings is 1. The number of methoxy groups -OCH3 is 2. The van der Waals surface area contributed by atoms with E-state index in [9.17, 15) is 4.79 Å². The largest absolute Gasteiger partial charge is 0.493 e. The number of fused-ring (bicyclic) bond motifs is 1. The number of anilines is 1. The molecule has 0 spiro atoms. The van der Waals surface area contributed by atoms with Crippen LogP contribution < -0.4 is 10.1 Å². The number of nitrogens with one attached hydrogen (secondary N) is 1. The molecule has 26 heavy (non-hydrogen) atoms. The van der Waals surface area contributed by atoms with Crippen LogP contribution in [0.4, 0.5) is 6.01 Å². The monoisotopic (exact) mass is 372 g/mol. The maximum absolute atomic E-state index is 11.8. The van der Waals surface area contributed by atoms with E-state index in [4.69, 9.17) is 25.5 Å². The molecule has 0 bridgehead atoms. The van der Waals surface area contributed by atoms with Crippen LogP contribution >= 0.6 is 11.6 Å². The Morgan fingerprint density at radius 1 is 1.27 bits per heavy atom. The Balaban J connectivity index is 1.71. The summed E-state index contributed by atoms with van der Waals surface area (Å²) in [7, 11) is 2.84. The predicted molar refractivity (Wildman–Crippen MR) is 97.9 cm³/mol. The number of carbonyl (C=O) groups excluding carboxylic acids is 1. The summed E-state index contributed by atoms with van der Waals surface area (Å²) in [6.45, 7) is 0. The normalized spacial score (nSPS) is 14.9. The quantitative estimate of drug-likeness (QED) is 0.670. The molecular formula is C19H17ClN2O4. The Labute approximate surface area is 155 Å². The summed E-state index contributed by atoms with van der Waals surface area (Å²) >= 11 is 6.12. The molecular weight excluding hydrogens is 356 g/mol. The summed E-state index contributed by atoms with van der Waals surface area (Å²) in [6, 6.07) is 11.3. The van der Waals surface area contributed by atoms with Gasteiger partial charge in [-0.05, 0) is 42.7 Å². The molecule has 4 rings (SSSR count). The van der Waals surface area contributed by atoms with Gasteiger partial charge in [0.05, 0.1) is 25.3 Å². The fraction of sp³-hybridized carbons (Fsp3) is 0.263. The molecule has 1 aliphatic carbocycles. The minimum absolute atomic E-state index is 0.232. The third kappa shape index (κ3) is 2.86. The van der Waals surface area contributed by atoms with Crippen LogP contribution in [0.5, 0.6) is 5.75 Å². The van der Waals surface area contributed by atoms with Crippen LogP contribution in [0, 0.1) is 0 Å². The van der Waals surface area contributed by atoms with E-state index in [0.29, 0.717) is 33.4 Å². The van der Waals surface area contributed by atoms with Crippen molar-refractivity contribution in [1.29, 1.82) is 0 Å². The van der Waals surface area contributed by atoms with Crippen LogP contribution in [0.3, 0.4) is 0 Å². The molecule has 7 heteroatoms. The van der Waals surface area contributed by atoms with Crippen LogP contribution in [0.1, 0.15) is 28.8 Å². The first-order valence-corrected chi connectivity index (χ1v) is 8.53. The molecule has 2 aromatic carbocycles. The fourth-order valence-electron chi connectivity index (χ4n) is 3.04. The summed E-state index contributed by atoms with van der Waals surface area (Å²) in [6.07, 6.45) is 1.91. The minimum Gasteiger partial charge on any atom is -0.493 e. The van der Waals surface area contributed by atoms with Gasteiger partial charge >= 0.3 is 5.97 Å². The Morgan fingerprint density at radius 2 is 2.08 bits per heavy atom. The second kappa shape index (κ2) is 6.21. The number of nitrogens with zero attached hydrogens (tertiary/aromatic N) is 1. The van der Waals surface area contributed by atoms with E-state index >= 15 is 0 Å². The first-order valence-electron chi connectivity index (χ1n) is 8.16. The topological polar surface area (TPSA) is 73.6 Å². The average Bonchev–Trinajstić information content (AvgIpc) is 3.31. The number of halogens is 1. The number of benzene rings is 2. The number of hydrogen-bond donors (Lipinski definition) is 1. The lowest BCUT2D eigenvalue weighted by Crippen LogP contribution is -2.18. The van der Waals surface area contributed by atoms with Crippen molar-refractivity contribution in [3.63, 3.8) is 0 Å². The second-order valence-corrected chi connectivity index (χ2v) is 6.69. The van der Waals surface area contributed by atoms with Gasteiger partial charge in [-0.25, -0.2) is 4.79 Å².